The van der Waals surface area contributed by atoms with Gasteiger partial charge in [0.1, 0.15) is 11.3 Å². The molecule has 1 amide bonds. The van der Waals surface area contributed by atoms with E-state index in [1.807, 2.05) is 25.3 Å². The van der Waals surface area contributed by atoms with Crippen molar-refractivity contribution in [2.75, 3.05) is 0 Å². The number of fused-ring (bicyclic) bond motifs is 1. The lowest BCUT2D eigenvalue weighted by Crippen LogP contribution is -2.20. The van der Waals surface area contributed by atoms with E-state index in [0.717, 1.165) is 5.56 Å². The monoisotopic (exact) mass is 337 g/mol. The first kappa shape index (κ1) is 16.3. The number of pyridine rings is 1. The number of amides is 1. The summed E-state index contributed by atoms with van der Waals surface area (Å²) in [6, 6.07) is 9.73. The number of nitro groups is 1. The van der Waals surface area contributed by atoms with Gasteiger partial charge in [0, 0.05) is 23.9 Å². The van der Waals surface area contributed by atoms with E-state index in [-0.39, 0.29) is 5.69 Å². The number of aromatic nitrogens is 2. The number of nitro benzene ring substituents is 1. The number of imidazole rings is 1. The molecular formula is C17H15N5O3. The largest absolute Gasteiger partial charge is 0.295 e. The second kappa shape index (κ2) is 6.52. The van der Waals surface area contributed by atoms with Gasteiger partial charge < -0.3 is 0 Å². The predicted octanol–water partition coefficient (Wildman–Crippen LogP) is 2.62. The summed E-state index contributed by atoms with van der Waals surface area (Å²) in [4.78, 5) is 27.0. The summed E-state index contributed by atoms with van der Waals surface area (Å²) in [6.07, 6.45) is 3.18. The molecule has 0 aliphatic rings. The third kappa shape index (κ3) is 3.37. The number of non-ortho nitro benzene ring substituents is 1. The molecule has 2 heterocycles. The summed E-state index contributed by atoms with van der Waals surface area (Å²) < 4.78 is 1.71. The van der Waals surface area contributed by atoms with Gasteiger partial charge in [-0.15, -0.1) is 0 Å². The summed E-state index contributed by atoms with van der Waals surface area (Å²) >= 11 is 0. The van der Waals surface area contributed by atoms with Gasteiger partial charge in [0.05, 0.1) is 16.8 Å². The highest BCUT2D eigenvalue weighted by Gasteiger charge is 2.16. The van der Waals surface area contributed by atoms with Crippen LogP contribution < -0.4 is 5.43 Å². The van der Waals surface area contributed by atoms with Gasteiger partial charge in [0.2, 0.25) is 0 Å². The Morgan fingerprint density at radius 2 is 2.12 bits per heavy atom. The zero-order chi connectivity index (χ0) is 18.0. The molecule has 0 aliphatic heterocycles. The van der Waals surface area contributed by atoms with Crippen LogP contribution in [-0.2, 0) is 0 Å². The predicted molar refractivity (Wildman–Crippen MR) is 92.8 cm³/mol. The van der Waals surface area contributed by atoms with Gasteiger partial charge in [0.25, 0.3) is 11.6 Å². The van der Waals surface area contributed by atoms with Crippen molar-refractivity contribution in [2.45, 2.75) is 13.8 Å². The average Bonchev–Trinajstić information content (AvgIpc) is 2.90. The van der Waals surface area contributed by atoms with Crippen LogP contribution in [0.4, 0.5) is 5.69 Å². The van der Waals surface area contributed by atoms with Gasteiger partial charge in [-0.25, -0.2) is 10.4 Å². The number of hydrazone groups is 1. The Morgan fingerprint density at radius 3 is 2.88 bits per heavy atom. The Hall–Kier alpha value is -3.55. The van der Waals surface area contributed by atoms with Gasteiger partial charge in [0.15, 0.2) is 0 Å². The molecule has 126 valence electrons. The summed E-state index contributed by atoms with van der Waals surface area (Å²) in [6.45, 7) is 3.68. The molecule has 3 rings (SSSR count). The Morgan fingerprint density at radius 1 is 1.32 bits per heavy atom. The number of hydrogen-bond donors (Lipinski definition) is 1. The number of benzene rings is 1. The topological polar surface area (TPSA) is 102 Å². The molecule has 0 spiro atoms. The van der Waals surface area contributed by atoms with E-state index >= 15 is 0 Å². The van der Waals surface area contributed by atoms with Gasteiger partial charge in [-0.05, 0) is 25.5 Å². The minimum Gasteiger partial charge on any atom is -0.295 e. The zero-order valence-electron chi connectivity index (χ0n) is 13.6. The Bertz CT molecular complexity index is 1010. The lowest BCUT2D eigenvalue weighted by atomic mass is 10.2. The van der Waals surface area contributed by atoms with Crippen molar-refractivity contribution in [2.24, 2.45) is 5.10 Å². The smallest absolute Gasteiger partial charge is 0.290 e. The minimum atomic E-state index is -0.486. The van der Waals surface area contributed by atoms with Crippen molar-refractivity contribution < 1.29 is 9.72 Å². The van der Waals surface area contributed by atoms with Crippen molar-refractivity contribution in [3.05, 3.63) is 75.2 Å². The molecule has 0 radical (unpaired) electrons. The van der Waals surface area contributed by atoms with E-state index in [9.17, 15) is 14.9 Å². The van der Waals surface area contributed by atoms with E-state index in [4.69, 9.17) is 0 Å². The molecule has 0 bridgehead atoms. The van der Waals surface area contributed by atoms with Gasteiger partial charge in [-0.1, -0.05) is 18.2 Å². The molecule has 8 nitrogen and oxygen atoms in total. The first-order valence-corrected chi connectivity index (χ1v) is 7.49. The summed E-state index contributed by atoms with van der Waals surface area (Å²) in [7, 11) is 0. The van der Waals surface area contributed by atoms with Crippen molar-refractivity contribution in [3.8, 4) is 0 Å². The van der Waals surface area contributed by atoms with Gasteiger partial charge in [-0.2, -0.15) is 5.10 Å². The second-order valence-corrected chi connectivity index (χ2v) is 5.53. The third-order valence-corrected chi connectivity index (χ3v) is 3.62. The number of rotatable bonds is 4. The molecule has 0 saturated heterocycles. The number of nitrogens with one attached hydrogen (secondary N) is 1. The standard InChI is InChI=1S/C17H15N5O3/c1-11-6-7-15-19-12(2)16(21(15)10-11)17(23)20-18-9-13-4-3-5-14(8-13)22(24)25/h3-10H,1-2H3,(H,20,23)/b18-9-. The molecular weight excluding hydrogens is 322 g/mol. The maximum absolute atomic E-state index is 12.4. The van der Waals surface area contributed by atoms with Crippen LogP contribution in [0.5, 0.6) is 0 Å². The van der Waals surface area contributed by atoms with E-state index < -0.39 is 10.8 Å². The molecule has 3 aromatic rings. The SMILES string of the molecule is Cc1ccc2nc(C)c(C(=O)N/N=C\c3cccc([N+](=O)[O-])c3)n2c1. The quantitative estimate of drug-likeness (QED) is 0.449. The number of nitrogens with zero attached hydrogens (tertiary/aromatic N) is 4. The summed E-state index contributed by atoms with van der Waals surface area (Å²) in [5.41, 5.74) is 5.58. The molecule has 8 heteroatoms. The summed E-state index contributed by atoms with van der Waals surface area (Å²) in [5.74, 6) is -0.405. The van der Waals surface area contributed by atoms with Crippen molar-refractivity contribution in [3.63, 3.8) is 0 Å². The van der Waals surface area contributed by atoms with Gasteiger partial charge in [-0.3, -0.25) is 19.3 Å². The number of carbonyl (C=O) groups is 1. The fraction of sp³-hybridized carbons (Fsp3) is 0.118. The Kier molecular flexibility index (Phi) is 4.25. The van der Waals surface area contributed by atoms with Crippen LogP contribution >= 0.6 is 0 Å². The molecule has 2 aromatic heterocycles. The molecule has 0 aliphatic carbocycles. The van der Waals surface area contributed by atoms with Crippen molar-refractivity contribution in [1.82, 2.24) is 14.8 Å². The highest BCUT2D eigenvalue weighted by molar-refractivity contribution is 5.95. The van der Waals surface area contributed by atoms with E-state index in [0.29, 0.717) is 22.6 Å². The number of carbonyl (C=O) groups excluding carboxylic acids is 1. The lowest BCUT2D eigenvalue weighted by Gasteiger charge is -2.02. The summed E-state index contributed by atoms with van der Waals surface area (Å²) in [5, 5.41) is 14.6. The molecule has 0 fully saturated rings. The fourth-order valence-corrected chi connectivity index (χ4v) is 2.48. The Balaban J connectivity index is 1.81. The number of aryl methyl sites for hydroxylation is 2. The Labute approximate surface area is 143 Å². The molecule has 0 saturated carbocycles. The minimum absolute atomic E-state index is 0.0385. The van der Waals surface area contributed by atoms with Crippen LogP contribution in [0.25, 0.3) is 5.65 Å². The van der Waals surface area contributed by atoms with Crippen LogP contribution in [0.3, 0.4) is 0 Å². The van der Waals surface area contributed by atoms with Crippen LogP contribution in [0.15, 0.2) is 47.7 Å². The highest BCUT2D eigenvalue weighted by Crippen LogP contribution is 2.14. The first-order chi connectivity index (χ1) is 12.0. The average molecular weight is 337 g/mol. The van der Waals surface area contributed by atoms with Crippen molar-refractivity contribution >= 4 is 23.5 Å². The van der Waals surface area contributed by atoms with Crippen LogP contribution in [-0.4, -0.2) is 26.4 Å². The lowest BCUT2D eigenvalue weighted by molar-refractivity contribution is -0.384. The second-order valence-electron chi connectivity index (χ2n) is 5.53. The van der Waals surface area contributed by atoms with Crippen LogP contribution in [0, 0.1) is 24.0 Å². The number of hydrogen-bond acceptors (Lipinski definition) is 5. The maximum atomic E-state index is 12.4. The maximum Gasteiger partial charge on any atom is 0.290 e. The highest BCUT2D eigenvalue weighted by atomic mass is 16.6. The first-order valence-electron chi connectivity index (χ1n) is 7.49. The van der Waals surface area contributed by atoms with E-state index in [2.05, 4.69) is 15.5 Å². The fourth-order valence-electron chi connectivity index (χ4n) is 2.48. The third-order valence-electron chi connectivity index (χ3n) is 3.62. The molecule has 0 atom stereocenters. The molecule has 1 N–H and O–H groups in total. The van der Waals surface area contributed by atoms with Crippen molar-refractivity contribution in [1.29, 1.82) is 0 Å². The molecule has 25 heavy (non-hydrogen) atoms. The van der Waals surface area contributed by atoms with E-state index in [1.165, 1.54) is 18.3 Å². The zero-order valence-corrected chi connectivity index (χ0v) is 13.6. The van der Waals surface area contributed by atoms with E-state index in [1.54, 1.807) is 23.5 Å². The normalized spacial score (nSPS) is 11.1. The van der Waals surface area contributed by atoms with Crippen LogP contribution in [0.1, 0.15) is 27.3 Å². The van der Waals surface area contributed by atoms with Gasteiger partial charge >= 0.3 is 0 Å². The van der Waals surface area contributed by atoms with Crippen LogP contribution in [0.2, 0.25) is 0 Å². The molecule has 1 aromatic carbocycles. The molecule has 0 unspecified atom stereocenters.